The smallest absolute Gasteiger partial charge is 0.250 e. The number of amides is 1. The summed E-state index contributed by atoms with van der Waals surface area (Å²) in [5.41, 5.74) is 9.62. The quantitative estimate of drug-likeness (QED) is 0.558. The number of aromatic nitrogens is 1. The van der Waals surface area contributed by atoms with E-state index in [-0.39, 0.29) is 0 Å². The Kier molecular flexibility index (Phi) is 6.40. The molecule has 0 fully saturated rings. The Labute approximate surface area is 177 Å². The highest BCUT2D eigenvalue weighted by molar-refractivity contribution is 5.92. The van der Waals surface area contributed by atoms with E-state index in [1.54, 1.807) is 12.1 Å². The first-order valence-electron chi connectivity index (χ1n) is 10.5. The van der Waals surface area contributed by atoms with E-state index < -0.39 is 5.91 Å². The van der Waals surface area contributed by atoms with Gasteiger partial charge in [-0.1, -0.05) is 42.5 Å². The number of rotatable bonds is 8. The first-order chi connectivity index (χ1) is 14.7. The van der Waals surface area contributed by atoms with Gasteiger partial charge in [-0.2, -0.15) is 0 Å². The van der Waals surface area contributed by atoms with Gasteiger partial charge in [-0.25, -0.2) is 4.98 Å². The number of benzene rings is 2. The predicted molar refractivity (Wildman–Crippen MR) is 118 cm³/mol. The molecular weight excluding hydrogens is 374 g/mol. The summed E-state index contributed by atoms with van der Waals surface area (Å²) in [5.74, 6) is 0.807. The Balaban J connectivity index is 1.36. The number of aryl methyl sites for hydroxylation is 2. The third kappa shape index (κ3) is 5.05. The van der Waals surface area contributed by atoms with Crippen molar-refractivity contribution in [1.82, 2.24) is 10.3 Å². The lowest BCUT2D eigenvalue weighted by atomic mass is 9.87. The molecule has 1 atom stereocenters. The van der Waals surface area contributed by atoms with Gasteiger partial charge in [0.25, 0.3) is 0 Å². The van der Waals surface area contributed by atoms with Crippen LogP contribution in [0.2, 0.25) is 0 Å². The van der Waals surface area contributed by atoms with Crippen LogP contribution in [-0.4, -0.2) is 23.5 Å². The molecule has 0 radical (unpaired) electrons. The summed E-state index contributed by atoms with van der Waals surface area (Å²) < 4.78 is 6.05. The Morgan fingerprint density at radius 2 is 1.97 bits per heavy atom. The molecule has 1 aliphatic carbocycles. The van der Waals surface area contributed by atoms with Crippen LogP contribution < -0.4 is 15.8 Å². The molecule has 0 saturated heterocycles. The molecule has 30 heavy (non-hydrogen) atoms. The maximum absolute atomic E-state index is 11.2. The summed E-state index contributed by atoms with van der Waals surface area (Å²) in [5, 5.41) is 3.72. The van der Waals surface area contributed by atoms with Crippen molar-refractivity contribution in [1.29, 1.82) is 0 Å². The van der Waals surface area contributed by atoms with Crippen molar-refractivity contribution in [3.8, 4) is 11.6 Å². The van der Waals surface area contributed by atoms with Crippen LogP contribution in [0, 0.1) is 0 Å². The third-order valence-electron chi connectivity index (χ3n) is 5.60. The molecule has 1 aromatic heterocycles. The average molecular weight is 402 g/mol. The van der Waals surface area contributed by atoms with Crippen LogP contribution in [0.5, 0.6) is 11.6 Å². The zero-order valence-electron chi connectivity index (χ0n) is 17.0. The Hall–Kier alpha value is -3.18. The number of carbonyl (C=O) groups excluding carboxylic acids is 1. The van der Waals surface area contributed by atoms with E-state index in [9.17, 15) is 4.79 Å². The molecule has 3 aromatic rings. The van der Waals surface area contributed by atoms with Crippen molar-refractivity contribution in [2.75, 3.05) is 6.54 Å². The summed E-state index contributed by atoms with van der Waals surface area (Å²) in [7, 11) is 0. The number of ether oxygens (including phenoxy) is 1. The van der Waals surface area contributed by atoms with E-state index >= 15 is 0 Å². The minimum atomic E-state index is -0.493. The topological polar surface area (TPSA) is 77.2 Å². The molecule has 5 nitrogen and oxygen atoms in total. The number of carbonyl (C=O) groups is 1. The van der Waals surface area contributed by atoms with E-state index in [2.05, 4.69) is 46.7 Å². The van der Waals surface area contributed by atoms with Gasteiger partial charge in [0.15, 0.2) is 0 Å². The lowest BCUT2D eigenvalue weighted by Crippen LogP contribution is -2.35. The second-order valence-corrected chi connectivity index (χ2v) is 7.73. The van der Waals surface area contributed by atoms with Crippen LogP contribution in [0.4, 0.5) is 0 Å². The highest BCUT2D eigenvalue weighted by atomic mass is 16.5. The van der Waals surface area contributed by atoms with E-state index in [1.807, 2.05) is 12.1 Å². The number of pyridine rings is 1. The second-order valence-electron chi connectivity index (χ2n) is 7.73. The summed E-state index contributed by atoms with van der Waals surface area (Å²) >= 11 is 0. The molecule has 5 heteroatoms. The van der Waals surface area contributed by atoms with Gasteiger partial charge in [0, 0.05) is 18.3 Å². The first-order valence-corrected chi connectivity index (χ1v) is 10.5. The van der Waals surface area contributed by atoms with E-state index in [1.165, 1.54) is 22.9 Å². The fraction of sp³-hybridized carbons (Fsp3) is 0.280. The molecule has 0 aliphatic heterocycles. The van der Waals surface area contributed by atoms with Crippen LogP contribution in [0.1, 0.15) is 39.9 Å². The van der Waals surface area contributed by atoms with Crippen molar-refractivity contribution in [3.63, 3.8) is 0 Å². The van der Waals surface area contributed by atoms with Crippen LogP contribution in [0.15, 0.2) is 66.9 Å². The molecule has 0 spiro atoms. The number of nitrogens with zero attached hydrogens (tertiary/aromatic N) is 1. The monoisotopic (exact) mass is 401 g/mol. The van der Waals surface area contributed by atoms with Gasteiger partial charge >= 0.3 is 0 Å². The SMILES string of the molecule is NC(=O)c1ccc(Oc2cccc3c2CC(NCCCc2ccccc2)CC3)nc1. The van der Waals surface area contributed by atoms with Crippen LogP contribution in [0.25, 0.3) is 0 Å². The van der Waals surface area contributed by atoms with Gasteiger partial charge in [-0.05, 0) is 67.5 Å². The highest BCUT2D eigenvalue weighted by Crippen LogP contribution is 2.32. The molecule has 1 aliphatic rings. The number of primary amides is 1. The third-order valence-corrected chi connectivity index (χ3v) is 5.60. The lowest BCUT2D eigenvalue weighted by Gasteiger charge is -2.27. The summed E-state index contributed by atoms with van der Waals surface area (Å²) in [4.78, 5) is 15.4. The zero-order chi connectivity index (χ0) is 20.8. The van der Waals surface area contributed by atoms with Crippen LogP contribution in [0.3, 0.4) is 0 Å². The molecule has 1 heterocycles. The largest absolute Gasteiger partial charge is 0.439 e. The van der Waals surface area contributed by atoms with Crippen molar-refractivity contribution in [3.05, 3.63) is 89.1 Å². The van der Waals surface area contributed by atoms with Gasteiger partial charge in [-0.15, -0.1) is 0 Å². The lowest BCUT2D eigenvalue weighted by molar-refractivity contribution is 0.1000. The van der Waals surface area contributed by atoms with Gasteiger partial charge in [0.1, 0.15) is 5.75 Å². The Bertz CT molecular complexity index is 987. The molecule has 1 amide bonds. The summed E-state index contributed by atoms with van der Waals surface area (Å²) in [6.07, 6.45) is 6.78. The van der Waals surface area contributed by atoms with Gasteiger partial charge in [0.2, 0.25) is 11.8 Å². The van der Waals surface area contributed by atoms with Crippen molar-refractivity contribution >= 4 is 5.91 Å². The maximum Gasteiger partial charge on any atom is 0.250 e. The predicted octanol–water partition coefficient (Wildman–Crippen LogP) is 4.05. The highest BCUT2D eigenvalue weighted by Gasteiger charge is 2.21. The van der Waals surface area contributed by atoms with Gasteiger partial charge in [-0.3, -0.25) is 4.79 Å². The van der Waals surface area contributed by atoms with Crippen molar-refractivity contribution in [2.45, 2.75) is 38.1 Å². The summed E-state index contributed by atoms with van der Waals surface area (Å²) in [6, 6.07) is 20.6. The first kappa shape index (κ1) is 20.1. The van der Waals surface area contributed by atoms with Crippen LogP contribution >= 0.6 is 0 Å². The van der Waals surface area contributed by atoms with Crippen LogP contribution in [-0.2, 0) is 19.3 Å². The molecular formula is C25H27N3O2. The molecule has 154 valence electrons. The number of fused-ring (bicyclic) bond motifs is 1. The fourth-order valence-electron chi connectivity index (χ4n) is 3.97. The molecule has 0 bridgehead atoms. The van der Waals surface area contributed by atoms with Crippen molar-refractivity contribution in [2.24, 2.45) is 5.73 Å². The Morgan fingerprint density at radius 1 is 1.10 bits per heavy atom. The standard InChI is InChI=1S/C25H27N3O2/c26-25(29)20-12-14-24(28-17-20)30-23-10-4-9-19-11-13-21(16-22(19)23)27-15-5-8-18-6-2-1-3-7-18/h1-4,6-7,9-10,12,14,17,21,27H,5,8,11,13,15-16H2,(H2,26,29). The zero-order valence-corrected chi connectivity index (χ0v) is 17.0. The number of nitrogens with two attached hydrogens (primary N) is 1. The average Bonchev–Trinajstić information content (AvgIpc) is 2.78. The normalized spacial score (nSPS) is 15.4. The fourth-order valence-corrected chi connectivity index (χ4v) is 3.97. The molecule has 1 unspecified atom stereocenters. The minimum Gasteiger partial charge on any atom is -0.439 e. The summed E-state index contributed by atoms with van der Waals surface area (Å²) in [6.45, 7) is 1.01. The minimum absolute atomic E-state index is 0.372. The van der Waals surface area contributed by atoms with E-state index in [0.29, 0.717) is 17.5 Å². The molecule has 0 saturated carbocycles. The molecule has 3 N–H and O–H groups in total. The second kappa shape index (κ2) is 9.55. The van der Waals surface area contributed by atoms with E-state index in [0.717, 1.165) is 44.4 Å². The van der Waals surface area contributed by atoms with Gasteiger partial charge in [0.05, 0.1) is 5.56 Å². The van der Waals surface area contributed by atoms with Crippen molar-refractivity contribution < 1.29 is 9.53 Å². The van der Waals surface area contributed by atoms with E-state index in [4.69, 9.17) is 10.5 Å². The number of hydrogen-bond donors (Lipinski definition) is 2. The maximum atomic E-state index is 11.2. The Morgan fingerprint density at radius 3 is 2.73 bits per heavy atom. The van der Waals surface area contributed by atoms with Gasteiger partial charge < -0.3 is 15.8 Å². The molecule has 4 rings (SSSR count). The number of nitrogens with one attached hydrogen (secondary N) is 1. The number of hydrogen-bond acceptors (Lipinski definition) is 4. The molecule has 2 aromatic carbocycles.